The van der Waals surface area contributed by atoms with Crippen molar-refractivity contribution in [2.75, 3.05) is 20.1 Å². The minimum Gasteiger partial charge on any atom is -0.331 e. The van der Waals surface area contributed by atoms with Gasteiger partial charge in [0.15, 0.2) is 0 Å². The van der Waals surface area contributed by atoms with Gasteiger partial charge in [-0.25, -0.2) is 4.98 Å². The van der Waals surface area contributed by atoms with E-state index in [0.717, 1.165) is 13.0 Å². The Hall–Kier alpha value is -1.72. The van der Waals surface area contributed by atoms with Crippen molar-refractivity contribution in [3.05, 3.63) is 48.3 Å². The normalized spacial score (nSPS) is 13.0. The van der Waals surface area contributed by atoms with Gasteiger partial charge in [-0.05, 0) is 45.0 Å². The molecule has 5 nitrogen and oxygen atoms in total. The molecule has 0 fully saturated rings. The van der Waals surface area contributed by atoms with Crippen molar-refractivity contribution in [2.45, 2.75) is 32.4 Å². The SMILES string of the molecule is CC(C)n1cncc1C(CN)N(C)CCc1ccncc1. The molecule has 1 unspecified atom stereocenters. The van der Waals surface area contributed by atoms with E-state index in [1.807, 2.05) is 24.9 Å². The molecule has 0 aliphatic carbocycles. The Balaban J connectivity index is 2.04. The molecule has 0 aliphatic heterocycles. The van der Waals surface area contributed by atoms with Gasteiger partial charge in [0.1, 0.15) is 0 Å². The first kappa shape index (κ1) is 15.7. The second-order valence-corrected chi connectivity index (χ2v) is 5.66. The van der Waals surface area contributed by atoms with Crippen LogP contribution in [0.2, 0.25) is 0 Å². The van der Waals surface area contributed by atoms with Gasteiger partial charge >= 0.3 is 0 Å². The molecular weight excluding hydrogens is 262 g/mol. The molecule has 0 aromatic carbocycles. The molecule has 0 spiro atoms. The van der Waals surface area contributed by atoms with Gasteiger partial charge in [-0.2, -0.15) is 0 Å². The first-order valence-electron chi connectivity index (χ1n) is 7.44. The molecule has 2 aromatic heterocycles. The Kier molecular flexibility index (Phi) is 5.47. The fourth-order valence-corrected chi connectivity index (χ4v) is 2.54. The minimum absolute atomic E-state index is 0.191. The molecule has 1 atom stereocenters. The van der Waals surface area contributed by atoms with E-state index in [-0.39, 0.29) is 6.04 Å². The molecule has 0 radical (unpaired) electrons. The summed E-state index contributed by atoms with van der Waals surface area (Å²) in [5.41, 5.74) is 8.49. The summed E-state index contributed by atoms with van der Waals surface area (Å²) in [6, 6.07) is 4.70. The van der Waals surface area contributed by atoms with Gasteiger partial charge in [0.25, 0.3) is 0 Å². The zero-order valence-electron chi connectivity index (χ0n) is 13.1. The van der Waals surface area contributed by atoms with Gasteiger partial charge in [0.2, 0.25) is 0 Å². The maximum Gasteiger partial charge on any atom is 0.0951 e. The van der Waals surface area contributed by atoms with Crippen molar-refractivity contribution in [1.29, 1.82) is 0 Å². The number of rotatable bonds is 7. The lowest BCUT2D eigenvalue weighted by atomic mass is 10.1. The molecule has 2 N–H and O–H groups in total. The van der Waals surface area contributed by atoms with Crippen LogP contribution < -0.4 is 5.73 Å². The number of nitrogens with zero attached hydrogens (tertiary/aromatic N) is 4. The molecule has 0 saturated carbocycles. The lowest BCUT2D eigenvalue weighted by Gasteiger charge is -2.28. The van der Waals surface area contributed by atoms with E-state index in [9.17, 15) is 0 Å². The van der Waals surface area contributed by atoms with Crippen LogP contribution in [-0.2, 0) is 6.42 Å². The topological polar surface area (TPSA) is 60.0 Å². The molecule has 2 aromatic rings. The first-order chi connectivity index (χ1) is 10.1. The molecule has 0 amide bonds. The van der Waals surface area contributed by atoms with Crippen LogP contribution in [0, 0.1) is 0 Å². The fourth-order valence-electron chi connectivity index (χ4n) is 2.54. The monoisotopic (exact) mass is 287 g/mol. The van der Waals surface area contributed by atoms with E-state index >= 15 is 0 Å². The molecule has 0 aliphatic rings. The van der Waals surface area contributed by atoms with Crippen LogP contribution >= 0.6 is 0 Å². The predicted molar refractivity (Wildman–Crippen MR) is 85.0 cm³/mol. The predicted octanol–water partition coefficient (Wildman–Crippen LogP) is 2.03. The summed E-state index contributed by atoms with van der Waals surface area (Å²) in [5.74, 6) is 0. The summed E-state index contributed by atoms with van der Waals surface area (Å²) in [6.07, 6.45) is 8.48. The number of aromatic nitrogens is 3. The highest BCUT2D eigenvalue weighted by Crippen LogP contribution is 2.21. The van der Waals surface area contributed by atoms with Crippen molar-refractivity contribution in [3.63, 3.8) is 0 Å². The fraction of sp³-hybridized carbons (Fsp3) is 0.500. The average Bonchev–Trinajstić information content (AvgIpc) is 2.96. The summed E-state index contributed by atoms with van der Waals surface area (Å²) < 4.78 is 2.19. The quantitative estimate of drug-likeness (QED) is 0.846. The molecule has 21 heavy (non-hydrogen) atoms. The zero-order valence-corrected chi connectivity index (χ0v) is 13.1. The Morgan fingerprint density at radius 3 is 2.57 bits per heavy atom. The van der Waals surface area contributed by atoms with Crippen molar-refractivity contribution in [1.82, 2.24) is 19.4 Å². The van der Waals surface area contributed by atoms with Crippen LogP contribution in [0.1, 0.15) is 37.2 Å². The smallest absolute Gasteiger partial charge is 0.0951 e. The highest BCUT2D eigenvalue weighted by molar-refractivity contribution is 5.11. The molecule has 0 saturated heterocycles. The van der Waals surface area contributed by atoms with Crippen LogP contribution in [0.15, 0.2) is 37.1 Å². The van der Waals surface area contributed by atoms with Crippen LogP contribution in [0.4, 0.5) is 0 Å². The highest BCUT2D eigenvalue weighted by atomic mass is 15.2. The van der Waals surface area contributed by atoms with Gasteiger partial charge < -0.3 is 10.3 Å². The van der Waals surface area contributed by atoms with E-state index in [0.29, 0.717) is 12.6 Å². The van der Waals surface area contributed by atoms with E-state index in [1.54, 1.807) is 0 Å². The van der Waals surface area contributed by atoms with Gasteiger partial charge in [-0.1, -0.05) is 0 Å². The van der Waals surface area contributed by atoms with Crippen molar-refractivity contribution >= 4 is 0 Å². The third-order valence-electron chi connectivity index (χ3n) is 3.85. The summed E-state index contributed by atoms with van der Waals surface area (Å²) in [7, 11) is 2.12. The third-order valence-corrected chi connectivity index (χ3v) is 3.85. The van der Waals surface area contributed by atoms with Gasteiger partial charge in [-0.15, -0.1) is 0 Å². The number of nitrogens with two attached hydrogens (primary N) is 1. The molecule has 2 heterocycles. The maximum atomic E-state index is 6.01. The summed E-state index contributed by atoms with van der Waals surface area (Å²) in [4.78, 5) is 10.6. The standard InChI is InChI=1S/C16H25N5/c1-13(2)21-12-19-11-16(21)15(10-17)20(3)9-6-14-4-7-18-8-5-14/h4-5,7-8,11-13,15H,6,9-10,17H2,1-3H3. The number of hydrogen-bond acceptors (Lipinski definition) is 4. The number of hydrogen-bond donors (Lipinski definition) is 1. The zero-order chi connectivity index (χ0) is 15.2. The third kappa shape index (κ3) is 3.89. The molecule has 5 heteroatoms. The molecule has 2 rings (SSSR count). The van der Waals surface area contributed by atoms with E-state index in [1.165, 1.54) is 11.3 Å². The van der Waals surface area contributed by atoms with Gasteiger partial charge in [0.05, 0.1) is 18.1 Å². The Labute approximate surface area is 126 Å². The van der Waals surface area contributed by atoms with Crippen molar-refractivity contribution in [2.24, 2.45) is 5.73 Å². The minimum atomic E-state index is 0.191. The van der Waals surface area contributed by atoms with Crippen LogP contribution in [0.25, 0.3) is 0 Å². The number of likely N-dealkylation sites (N-methyl/N-ethyl adjacent to an activating group) is 1. The Morgan fingerprint density at radius 1 is 1.24 bits per heavy atom. The Morgan fingerprint density at radius 2 is 1.95 bits per heavy atom. The van der Waals surface area contributed by atoms with Gasteiger partial charge in [0, 0.05) is 37.7 Å². The molecular formula is C16H25N5. The van der Waals surface area contributed by atoms with Gasteiger partial charge in [-0.3, -0.25) is 9.88 Å². The van der Waals surface area contributed by atoms with E-state index in [4.69, 9.17) is 5.73 Å². The first-order valence-corrected chi connectivity index (χ1v) is 7.44. The average molecular weight is 287 g/mol. The van der Waals surface area contributed by atoms with E-state index in [2.05, 4.69) is 52.5 Å². The second-order valence-electron chi connectivity index (χ2n) is 5.66. The summed E-state index contributed by atoms with van der Waals surface area (Å²) in [5, 5.41) is 0. The summed E-state index contributed by atoms with van der Waals surface area (Å²) in [6.45, 7) is 5.87. The Bertz CT molecular complexity index is 535. The summed E-state index contributed by atoms with van der Waals surface area (Å²) >= 11 is 0. The van der Waals surface area contributed by atoms with Crippen LogP contribution in [-0.4, -0.2) is 39.6 Å². The number of imidazole rings is 1. The number of pyridine rings is 1. The lowest BCUT2D eigenvalue weighted by molar-refractivity contribution is 0.241. The van der Waals surface area contributed by atoms with Crippen molar-refractivity contribution in [3.8, 4) is 0 Å². The van der Waals surface area contributed by atoms with Crippen molar-refractivity contribution < 1.29 is 0 Å². The largest absolute Gasteiger partial charge is 0.331 e. The van der Waals surface area contributed by atoms with Crippen LogP contribution in [0.3, 0.4) is 0 Å². The highest BCUT2D eigenvalue weighted by Gasteiger charge is 2.20. The molecule has 0 bridgehead atoms. The van der Waals surface area contributed by atoms with E-state index < -0.39 is 0 Å². The second kappa shape index (κ2) is 7.33. The maximum absolute atomic E-state index is 6.01. The molecule has 114 valence electrons. The van der Waals surface area contributed by atoms with Crippen LogP contribution in [0.5, 0.6) is 0 Å². The lowest BCUT2D eigenvalue weighted by Crippen LogP contribution is -2.33.